The van der Waals surface area contributed by atoms with Crippen LogP contribution >= 0.6 is 15.9 Å². The molecular formula is C13H13BrF6O. The van der Waals surface area contributed by atoms with Crippen molar-refractivity contribution in [1.29, 1.82) is 0 Å². The lowest BCUT2D eigenvalue weighted by atomic mass is 9.95. The standard InChI is InChI=1S/C13H13BrF6O/c1-6-4-8(5-7(2)10(6)21-3)9(14)11(12(15,16)17)13(18,19)20/h4-5,9,11H,1-3H3. The van der Waals surface area contributed by atoms with E-state index in [1.54, 1.807) is 13.8 Å². The Balaban J connectivity index is 3.32. The maximum atomic E-state index is 12.7. The molecule has 0 N–H and O–H groups in total. The molecule has 0 heterocycles. The van der Waals surface area contributed by atoms with Gasteiger partial charge in [0.25, 0.3) is 0 Å². The first-order chi connectivity index (χ1) is 9.39. The van der Waals surface area contributed by atoms with Crippen LogP contribution in [0.4, 0.5) is 26.3 Å². The van der Waals surface area contributed by atoms with Crippen molar-refractivity contribution in [2.24, 2.45) is 5.92 Å². The quantitative estimate of drug-likeness (QED) is 0.499. The van der Waals surface area contributed by atoms with Crippen LogP contribution in [0, 0.1) is 19.8 Å². The summed E-state index contributed by atoms with van der Waals surface area (Å²) in [6.45, 7) is 3.12. The van der Waals surface area contributed by atoms with E-state index in [1.807, 2.05) is 0 Å². The number of methoxy groups -OCH3 is 1. The molecule has 1 atom stereocenters. The number of ether oxygens (including phenoxy) is 1. The normalized spacial score (nSPS) is 14.4. The molecular weight excluding hydrogens is 366 g/mol. The highest BCUT2D eigenvalue weighted by atomic mass is 79.9. The van der Waals surface area contributed by atoms with E-state index in [0.717, 1.165) is 0 Å². The van der Waals surface area contributed by atoms with Crippen LogP contribution in [0.1, 0.15) is 21.5 Å². The molecule has 0 saturated heterocycles. The van der Waals surface area contributed by atoms with Crippen molar-refractivity contribution >= 4 is 15.9 Å². The molecule has 0 spiro atoms. The van der Waals surface area contributed by atoms with Gasteiger partial charge >= 0.3 is 12.4 Å². The van der Waals surface area contributed by atoms with Gasteiger partial charge in [-0.15, -0.1) is 0 Å². The number of hydrogen-bond donors (Lipinski definition) is 0. The van der Waals surface area contributed by atoms with Gasteiger partial charge in [0.05, 0.1) is 11.9 Å². The predicted octanol–water partition coefficient (Wildman–Crippen LogP) is 5.49. The topological polar surface area (TPSA) is 9.23 Å². The molecule has 1 rings (SSSR count). The smallest absolute Gasteiger partial charge is 0.401 e. The largest absolute Gasteiger partial charge is 0.496 e. The molecule has 0 aliphatic carbocycles. The molecule has 1 unspecified atom stereocenters. The van der Waals surface area contributed by atoms with Crippen molar-refractivity contribution in [3.63, 3.8) is 0 Å². The van der Waals surface area contributed by atoms with Crippen molar-refractivity contribution in [2.75, 3.05) is 7.11 Å². The third-order valence-electron chi connectivity index (χ3n) is 3.00. The first-order valence-electron chi connectivity index (χ1n) is 5.82. The van der Waals surface area contributed by atoms with E-state index in [2.05, 4.69) is 15.9 Å². The maximum Gasteiger partial charge on any atom is 0.401 e. The third-order valence-corrected chi connectivity index (χ3v) is 4.06. The zero-order valence-corrected chi connectivity index (χ0v) is 12.9. The number of benzene rings is 1. The number of alkyl halides is 7. The van der Waals surface area contributed by atoms with Gasteiger partial charge in [0.1, 0.15) is 5.75 Å². The molecule has 1 nitrogen and oxygen atoms in total. The molecule has 0 radical (unpaired) electrons. The number of aryl methyl sites for hydroxylation is 2. The first kappa shape index (κ1) is 18.1. The molecule has 0 fully saturated rings. The molecule has 21 heavy (non-hydrogen) atoms. The summed E-state index contributed by atoms with van der Waals surface area (Å²) in [7, 11) is 1.38. The second-order valence-electron chi connectivity index (χ2n) is 4.65. The van der Waals surface area contributed by atoms with Gasteiger partial charge in [0.2, 0.25) is 0 Å². The fraction of sp³-hybridized carbons (Fsp3) is 0.538. The van der Waals surface area contributed by atoms with E-state index in [0.29, 0.717) is 16.9 Å². The predicted molar refractivity (Wildman–Crippen MR) is 69.7 cm³/mol. The Labute approximate surface area is 126 Å². The Morgan fingerprint density at radius 1 is 0.952 bits per heavy atom. The highest BCUT2D eigenvalue weighted by Crippen LogP contribution is 2.50. The van der Waals surface area contributed by atoms with E-state index >= 15 is 0 Å². The molecule has 120 valence electrons. The van der Waals surface area contributed by atoms with Gasteiger partial charge in [0, 0.05) is 0 Å². The second-order valence-corrected chi connectivity index (χ2v) is 5.64. The van der Waals surface area contributed by atoms with Gasteiger partial charge < -0.3 is 4.74 Å². The first-order valence-corrected chi connectivity index (χ1v) is 6.73. The van der Waals surface area contributed by atoms with Crippen LogP contribution in [0.3, 0.4) is 0 Å². The minimum Gasteiger partial charge on any atom is -0.496 e. The third kappa shape index (κ3) is 4.05. The molecule has 0 aliphatic heterocycles. The Morgan fingerprint density at radius 2 is 1.33 bits per heavy atom. The van der Waals surface area contributed by atoms with Gasteiger partial charge in [0.15, 0.2) is 5.92 Å². The van der Waals surface area contributed by atoms with Crippen molar-refractivity contribution in [2.45, 2.75) is 31.0 Å². The maximum absolute atomic E-state index is 12.7. The average molecular weight is 379 g/mol. The summed E-state index contributed by atoms with van der Waals surface area (Å²) in [5, 5.41) is 0. The SMILES string of the molecule is COc1c(C)cc(C(Br)C(C(F)(F)F)C(F)(F)F)cc1C. The summed E-state index contributed by atoms with van der Waals surface area (Å²) in [5.74, 6) is -3.04. The summed E-state index contributed by atoms with van der Waals surface area (Å²) in [6, 6.07) is 2.52. The molecule has 0 saturated carbocycles. The zero-order chi connectivity index (χ0) is 16.6. The van der Waals surface area contributed by atoms with Crippen LogP contribution in [-0.2, 0) is 0 Å². The summed E-state index contributed by atoms with van der Waals surface area (Å²) >= 11 is 2.56. The van der Waals surface area contributed by atoms with Crippen molar-refractivity contribution < 1.29 is 31.1 Å². The van der Waals surface area contributed by atoms with Gasteiger partial charge in [-0.05, 0) is 30.5 Å². The summed E-state index contributed by atoms with van der Waals surface area (Å²) < 4.78 is 81.4. The molecule has 1 aromatic rings. The highest BCUT2D eigenvalue weighted by Gasteiger charge is 2.60. The lowest BCUT2D eigenvalue weighted by Crippen LogP contribution is -2.39. The molecule has 8 heteroatoms. The van der Waals surface area contributed by atoms with Crippen LogP contribution in [0.15, 0.2) is 12.1 Å². The summed E-state index contributed by atoms with van der Waals surface area (Å²) in [4.78, 5) is -1.92. The van der Waals surface area contributed by atoms with Gasteiger partial charge in [-0.1, -0.05) is 28.1 Å². The lowest BCUT2D eigenvalue weighted by molar-refractivity contribution is -0.283. The fourth-order valence-electron chi connectivity index (χ4n) is 2.17. The van der Waals surface area contributed by atoms with Crippen molar-refractivity contribution in [1.82, 2.24) is 0 Å². The van der Waals surface area contributed by atoms with Crippen molar-refractivity contribution in [3.05, 3.63) is 28.8 Å². The minimum atomic E-state index is -5.39. The number of hydrogen-bond acceptors (Lipinski definition) is 1. The number of rotatable bonds is 3. The highest BCUT2D eigenvalue weighted by molar-refractivity contribution is 9.09. The molecule has 0 aromatic heterocycles. The van der Waals surface area contributed by atoms with E-state index in [1.165, 1.54) is 19.2 Å². The van der Waals surface area contributed by atoms with Crippen LogP contribution in [0.5, 0.6) is 5.75 Å². The van der Waals surface area contributed by atoms with Crippen LogP contribution in [0.2, 0.25) is 0 Å². The van der Waals surface area contributed by atoms with E-state index in [-0.39, 0.29) is 5.56 Å². The van der Waals surface area contributed by atoms with E-state index in [9.17, 15) is 26.3 Å². The van der Waals surface area contributed by atoms with Crippen LogP contribution < -0.4 is 4.74 Å². The second kappa shape index (κ2) is 6.06. The number of halogens is 7. The minimum absolute atomic E-state index is 0.0922. The Kier molecular flexibility index (Phi) is 5.23. The summed E-state index contributed by atoms with van der Waals surface area (Å²) in [6.07, 6.45) is -10.8. The van der Waals surface area contributed by atoms with Crippen molar-refractivity contribution in [3.8, 4) is 5.75 Å². The zero-order valence-electron chi connectivity index (χ0n) is 11.4. The molecule has 0 amide bonds. The summed E-state index contributed by atoms with van der Waals surface area (Å²) in [5.41, 5.74) is 0.852. The molecule has 0 aliphatic rings. The molecule has 1 aromatic carbocycles. The van der Waals surface area contributed by atoms with Gasteiger partial charge in [-0.2, -0.15) is 26.3 Å². The lowest BCUT2D eigenvalue weighted by Gasteiger charge is -2.28. The van der Waals surface area contributed by atoms with Gasteiger partial charge in [-0.3, -0.25) is 0 Å². The van der Waals surface area contributed by atoms with Crippen LogP contribution in [0.25, 0.3) is 0 Å². The Bertz CT molecular complexity index is 471. The Morgan fingerprint density at radius 3 is 1.62 bits per heavy atom. The Hall–Kier alpha value is -0.920. The van der Waals surface area contributed by atoms with Crippen LogP contribution in [-0.4, -0.2) is 19.5 Å². The fourth-order valence-corrected chi connectivity index (χ4v) is 3.04. The molecule has 0 bridgehead atoms. The average Bonchev–Trinajstić information content (AvgIpc) is 2.24. The van der Waals surface area contributed by atoms with Gasteiger partial charge in [-0.25, -0.2) is 0 Å². The monoisotopic (exact) mass is 378 g/mol. The van der Waals surface area contributed by atoms with E-state index in [4.69, 9.17) is 4.74 Å². The van der Waals surface area contributed by atoms with E-state index < -0.39 is 23.1 Å².